The summed E-state index contributed by atoms with van der Waals surface area (Å²) >= 11 is 5.98. The van der Waals surface area contributed by atoms with E-state index in [0.29, 0.717) is 11.1 Å². The molecule has 2 aromatic carbocycles. The zero-order chi connectivity index (χ0) is 27.6. The van der Waals surface area contributed by atoms with Crippen molar-refractivity contribution in [3.05, 3.63) is 115 Å². The molecule has 0 spiro atoms. The molecule has 0 fully saturated rings. The smallest absolute Gasteiger partial charge is 0.279 e. The van der Waals surface area contributed by atoms with Gasteiger partial charge in [0.1, 0.15) is 12.4 Å². The average molecular weight is 541 g/mol. The van der Waals surface area contributed by atoms with Gasteiger partial charge in [0.15, 0.2) is 0 Å². The number of aromatic nitrogens is 3. The summed E-state index contributed by atoms with van der Waals surface area (Å²) in [5.74, 6) is -0.731. The zero-order valence-corrected chi connectivity index (χ0v) is 20.4. The predicted molar refractivity (Wildman–Crippen MR) is 135 cm³/mol. The molecule has 38 heavy (non-hydrogen) atoms. The van der Waals surface area contributed by atoms with E-state index in [1.165, 1.54) is 48.8 Å². The Morgan fingerprint density at radius 1 is 1.05 bits per heavy atom. The fourth-order valence-electron chi connectivity index (χ4n) is 3.83. The molecular formula is C27H17ClF4N4O2. The van der Waals surface area contributed by atoms with E-state index in [0.717, 1.165) is 27.3 Å². The second kappa shape index (κ2) is 10.5. The number of halogens is 5. The van der Waals surface area contributed by atoms with Gasteiger partial charge >= 0.3 is 11.9 Å². The first-order valence-corrected chi connectivity index (χ1v) is 11.4. The Kier molecular flexibility index (Phi) is 7.32. The number of pyridine rings is 1. The van der Waals surface area contributed by atoms with Crippen LogP contribution in [0.25, 0.3) is 29.0 Å². The van der Waals surface area contributed by atoms with Gasteiger partial charge in [0.05, 0.1) is 39.8 Å². The van der Waals surface area contributed by atoms with Crippen molar-refractivity contribution >= 4 is 23.8 Å². The van der Waals surface area contributed by atoms with Crippen LogP contribution in [0.3, 0.4) is 0 Å². The highest BCUT2D eigenvalue weighted by molar-refractivity contribution is 6.31. The summed E-state index contributed by atoms with van der Waals surface area (Å²) in [7, 11) is 0. The molecule has 0 radical (unpaired) electrons. The molecule has 0 saturated heterocycles. The Labute approximate surface area is 218 Å². The van der Waals surface area contributed by atoms with Crippen molar-refractivity contribution in [3.8, 4) is 22.9 Å². The fourth-order valence-corrected chi connectivity index (χ4v) is 4.01. The van der Waals surface area contributed by atoms with Crippen molar-refractivity contribution in [2.24, 2.45) is 0 Å². The van der Waals surface area contributed by atoms with Crippen LogP contribution in [-0.2, 0) is 12.7 Å². The van der Waals surface area contributed by atoms with E-state index in [1.807, 2.05) is 6.07 Å². The molecule has 2 heterocycles. The first kappa shape index (κ1) is 26.6. The van der Waals surface area contributed by atoms with Gasteiger partial charge in [0.25, 0.3) is 5.56 Å². The third kappa shape index (κ3) is 5.28. The summed E-state index contributed by atoms with van der Waals surface area (Å²) < 4.78 is 54.6. The molecule has 0 aliphatic carbocycles. The molecule has 0 aliphatic heterocycles. The molecule has 4 rings (SSSR count). The molecule has 0 saturated carbocycles. The molecule has 0 N–H and O–H groups in total. The van der Waals surface area contributed by atoms with E-state index < -0.39 is 35.4 Å². The summed E-state index contributed by atoms with van der Waals surface area (Å²) in [6.07, 6.45) is 1.07. The summed E-state index contributed by atoms with van der Waals surface area (Å²) in [6.45, 7) is 1.25. The average Bonchev–Trinajstić information content (AvgIpc) is 2.86. The molecule has 0 bridgehead atoms. The largest absolute Gasteiger partial charge is 0.416 e. The number of benzene rings is 2. The van der Waals surface area contributed by atoms with Crippen LogP contribution >= 0.6 is 11.6 Å². The quantitative estimate of drug-likeness (QED) is 0.296. The lowest BCUT2D eigenvalue weighted by atomic mass is 10.0. The van der Waals surface area contributed by atoms with Crippen LogP contribution < -0.4 is 11.2 Å². The standard InChI is InChI=1S/C27H17ClF4N4O2/c1-16-12-20(15-34-14-16)36-25(37)24(18-5-8-22(29)21(28)13-18)23(35(11-10-33)26(36)38)9-4-17-2-6-19(7-3-17)27(30,31)32/h2-9,12-15H,11H2,1H3/b9-4+. The Hall–Kier alpha value is -4.49. The molecule has 4 aromatic rings. The van der Waals surface area contributed by atoms with Crippen molar-refractivity contribution in [3.63, 3.8) is 0 Å². The molecule has 0 amide bonds. The van der Waals surface area contributed by atoms with Crippen LogP contribution in [0.1, 0.15) is 22.4 Å². The minimum Gasteiger partial charge on any atom is -0.279 e. The molecule has 11 heteroatoms. The molecule has 6 nitrogen and oxygen atoms in total. The topological polar surface area (TPSA) is 80.7 Å². The number of rotatable bonds is 5. The van der Waals surface area contributed by atoms with Crippen molar-refractivity contribution in [2.45, 2.75) is 19.6 Å². The Balaban J connectivity index is 2.02. The summed E-state index contributed by atoms with van der Waals surface area (Å²) in [4.78, 5) is 31.3. The predicted octanol–water partition coefficient (Wildman–Crippen LogP) is 5.87. The third-order valence-electron chi connectivity index (χ3n) is 5.61. The molecule has 0 aliphatic rings. The second-order valence-electron chi connectivity index (χ2n) is 8.23. The maximum Gasteiger partial charge on any atom is 0.416 e. The summed E-state index contributed by atoms with van der Waals surface area (Å²) in [5.41, 5.74) is -1.24. The van der Waals surface area contributed by atoms with Gasteiger partial charge in [-0.2, -0.15) is 18.4 Å². The van der Waals surface area contributed by atoms with Gasteiger partial charge in [-0.05, 0) is 60.0 Å². The Morgan fingerprint density at radius 2 is 1.76 bits per heavy atom. The van der Waals surface area contributed by atoms with E-state index in [4.69, 9.17) is 11.6 Å². The second-order valence-corrected chi connectivity index (χ2v) is 8.64. The van der Waals surface area contributed by atoms with Crippen molar-refractivity contribution in [2.75, 3.05) is 0 Å². The van der Waals surface area contributed by atoms with Crippen molar-refractivity contribution in [1.82, 2.24) is 14.1 Å². The van der Waals surface area contributed by atoms with E-state index in [1.54, 1.807) is 13.0 Å². The van der Waals surface area contributed by atoms with Crippen LogP contribution in [0.5, 0.6) is 0 Å². The first-order valence-electron chi connectivity index (χ1n) is 11.0. The SMILES string of the molecule is Cc1cncc(-n2c(=O)c(-c3ccc(F)c(Cl)c3)c(/C=C/c3ccc(C(F)(F)F)cc3)n(CC#N)c2=O)c1. The Bertz CT molecular complexity index is 1720. The highest BCUT2D eigenvalue weighted by atomic mass is 35.5. The maximum absolute atomic E-state index is 13.9. The first-order chi connectivity index (χ1) is 18.0. The molecule has 192 valence electrons. The molecule has 0 unspecified atom stereocenters. The monoisotopic (exact) mass is 540 g/mol. The van der Waals surface area contributed by atoms with Crippen molar-refractivity contribution in [1.29, 1.82) is 5.26 Å². The van der Waals surface area contributed by atoms with E-state index >= 15 is 0 Å². The van der Waals surface area contributed by atoms with Crippen LogP contribution in [0.2, 0.25) is 5.02 Å². The minimum absolute atomic E-state index is 0.0130. The van der Waals surface area contributed by atoms with Gasteiger partial charge in [0, 0.05) is 6.20 Å². The van der Waals surface area contributed by atoms with Gasteiger partial charge in [-0.1, -0.05) is 35.9 Å². The Morgan fingerprint density at radius 3 is 2.37 bits per heavy atom. The number of hydrogen-bond donors (Lipinski definition) is 0. The number of nitrogens with zero attached hydrogens (tertiary/aromatic N) is 4. The molecular weight excluding hydrogens is 524 g/mol. The highest BCUT2D eigenvalue weighted by Gasteiger charge is 2.29. The summed E-state index contributed by atoms with van der Waals surface area (Å²) in [6, 6.07) is 11.2. The number of alkyl halides is 3. The third-order valence-corrected chi connectivity index (χ3v) is 5.90. The number of nitriles is 1. The number of aryl methyl sites for hydroxylation is 1. The maximum atomic E-state index is 13.9. The van der Waals surface area contributed by atoms with E-state index in [2.05, 4.69) is 4.98 Å². The van der Waals surface area contributed by atoms with Crippen molar-refractivity contribution < 1.29 is 17.6 Å². The van der Waals surface area contributed by atoms with Crippen LogP contribution in [0.4, 0.5) is 17.6 Å². The lowest BCUT2D eigenvalue weighted by molar-refractivity contribution is -0.137. The van der Waals surface area contributed by atoms with Crippen LogP contribution in [0.15, 0.2) is 70.5 Å². The highest BCUT2D eigenvalue weighted by Crippen LogP contribution is 2.30. The fraction of sp³-hybridized carbons (Fsp3) is 0.111. The number of hydrogen-bond acceptors (Lipinski definition) is 4. The molecule has 0 atom stereocenters. The van der Waals surface area contributed by atoms with Crippen LogP contribution in [0, 0.1) is 24.1 Å². The summed E-state index contributed by atoms with van der Waals surface area (Å²) in [5, 5.41) is 9.19. The van der Waals surface area contributed by atoms with Gasteiger partial charge in [-0.25, -0.2) is 13.8 Å². The molecule has 2 aromatic heterocycles. The van der Waals surface area contributed by atoms with Crippen LogP contribution in [-0.4, -0.2) is 14.1 Å². The van der Waals surface area contributed by atoms with Gasteiger partial charge in [-0.3, -0.25) is 14.3 Å². The minimum atomic E-state index is -4.51. The normalized spacial score (nSPS) is 11.6. The lowest BCUT2D eigenvalue weighted by Gasteiger charge is -2.17. The van der Waals surface area contributed by atoms with E-state index in [9.17, 15) is 32.4 Å². The van der Waals surface area contributed by atoms with E-state index in [-0.39, 0.29) is 27.5 Å². The lowest BCUT2D eigenvalue weighted by Crippen LogP contribution is -2.41. The van der Waals surface area contributed by atoms with Gasteiger partial charge < -0.3 is 0 Å². The zero-order valence-electron chi connectivity index (χ0n) is 19.6. The van der Waals surface area contributed by atoms with Gasteiger partial charge in [-0.15, -0.1) is 0 Å². The van der Waals surface area contributed by atoms with Gasteiger partial charge in [0.2, 0.25) is 0 Å².